The predicted octanol–water partition coefficient (Wildman–Crippen LogP) is 13.1. The Kier molecular flexibility index (Phi) is 13.6. The number of aromatic nitrogens is 4. The second-order valence-corrected chi connectivity index (χ2v) is 14.1. The Morgan fingerprint density at radius 3 is 1.09 bits per heavy atom. The molecule has 0 saturated heterocycles. The Hall–Kier alpha value is -4.92. The SMILES string of the molecule is F[P-](F)(F)(F)(F)F.F[P-](F)(F)(F)(F)F.NC1=CN2C=CC=CN2c2ccccc21.[Ru+2].c1ccc(-c2ccccn2)nc1.c1ccc(-c2ccccn2)nc1. The van der Waals surface area contributed by atoms with Crippen LogP contribution in [0.1, 0.15) is 5.56 Å². The number of hydrazine groups is 1. The summed E-state index contributed by atoms with van der Waals surface area (Å²) in [6.07, 6.45) is 17.0. The quantitative estimate of drug-likeness (QED) is 0.107. The first kappa shape index (κ1) is 45.2. The molecule has 2 aliphatic rings. The first-order valence-corrected chi connectivity index (χ1v) is 18.5. The summed E-state index contributed by atoms with van der Waals surface area (Å²) in [6.45, 7) is 0. The number of halogens is 12. The maximum atomic E-state index is 9.87. The zero-order valence-electron chi connectivity index (χ0n) is 27.0. The van der Waals surface area contributed by atoms with Gasteiger partial charge in [-0.05, 0) is 66.7 Å². The van der Waals surface area contributed by atoms with Crippen LogP contribution in [-0.2, 0) is 19.5 Å². The number of anilines is 1. The molecule has 5 aromatic rings. The molecule has 0 spiro atoms. The van der Waals surface area contributed by atoms with Gasteiger partial charge in [0, 0.05) is 42.8 Å². The minimum atomic E-state index is -10.7. The molecular weight excluding hydrogens is 873 g/mol. The molecule has 7 rings (SSSR count). The van der Waals surface area contributed by atoms with Crippen molar-refractivity contribution in [3.63, 3.8) is 0 Å². The molecule has 0 aliphatic carbocycles. The van der Waals surface area contributed by atoms with Crippen molar-refractivity contribution in [1.82, 2.24) is 24.9 Å². The summed E-state index contributed by atoms with van der Waals surface area (Å²) in [5.41, 5.74) is 12.6. The smallest absolute Gasteiger partial charge is 0.397 e. The molecule has 0 amide bonds. The fourth-order valence-electron chi connectivity index (χ4n) is 3.91. The topological polar surface area (TPSA) is 84.1 Å². The molecule has 0 bridgehead atoms. The van der Waals surface area contributed by atoms with Crippen LogP contribution >= 0.6 is 15.6 Å². The molecule has 7 nitrogen and oxygen atoms in total. The van der Waals surface area contributed by atoms with E-state index in [0.29, 0.717) is 0 Å². The average Bonchev–Trinajstić information content (AvgIpc) is 3.08. The van der Waals surface area contributed by atoms with Crippen molar-refractivity contribution in [1.29, 1.82) is 0 Å². The number of rotatable bonds is 2. The van der Waals surface area contributed by atoms with Gasteiger partial charge in [0.25, 0.3) is 0 Å². The van der Waals surface area contributed by atoms with Crippen molar-refractivity contribution in [2.45, 2.75) is 0 Å². The molecular formula is C32H27F12N7P2Ru. The van der Waals surface area contributed by atoms with Crippen molar-refractivity contribution in [2.24, 2.45) is 5.73 Å². The number of nitrogens with zero attached hydrogens (tertiary/aromatic N) is 6. The summed E-state index contributed by atoms with van der Waals surface area (Å²) in [4.78, 5) is 16.7. The molecule has 0 radical (unpaired) electrons. The van der Waals surface area contributed by atoms with Gasteiger partial charge in [-0.3, -0.25) is 30.0 Å². The summed E-state index contributed by atoms with van der Waals surface area (Å²) >= 11 is 0. The van der Waals surface area contributed by atoms with Gasteiger partial charge in [-0.15, -0.1) is 0 Å². The van der Waals surface area contributed by atoms with Crippen LogP contribution in [0.5, 0.6) is 0 Å². The van der Waals surface area contributed by atoms with E-state index in [9.17, 15) is 50.4 Å². The average molecular weight is 901 g/mol. The molecule has 0 atom stereocenters. The second kappa shape index (κ2) is 16.2. The molecule has 2 aliphatic heterocycles. The molecule has 0 unspecified atom stereocenters. The van der Waals surface area contributed by atoms with E-state index in [1.54, 1.807) is 24.8 Å². The Morgan fingerprint density at radius 2 is 0.759 bits per heavy atom. The summed E-state index contributed by atoms with van der Waals surface area (Å²) in [5, 5.41) is 4.03. The Labute approximate surface area is 312 Å². The molecule has 22 heteroatoms. The molecule has 6 heterocycles. The number of hydrogen-bond donors (Lipinski definition) is 1. The molecule has 54 heavy (non-hydrogen) atoms. The number of fused-ring (bicyclic) bond motifs is 3. The van der Waals surface area contributed by atoms with E-state index in [1.807, 2.05) is 127 Å². The predicted molar refractivity (Wildman–Crippen MR) is 183 cm³/mol. The van der Waals surface area contributed by atoms with Gasteiger partial charge in [0.05, 0.1) is 40.4 Å². The van der Waals surface area contributed by atoms with Crippen molar-refractivity contribution >= 4 is 27.0 Å². The van der Waals surface area contributed by atoms with Crippen molar-refractivity contribution in [3.05, 3.63) is 158 Å². The normalized spacial score (nSPS) is 15.1. The van der Waals surface area contributed by atoms with Crippen LogP contribution in [0.3, 0.4) is 0 Å². The van der Waals surface area contributed by atoms with Gasteiger partial charge in [0.2, 0.25) is 0 Å². The molecule has 0 fully saturated rings. The second-order valence-electron chi connectivity index (χ2n) is 10.3. The summed E-state index contributed by atoms with van der Waals surface area (Å²) in [7, 11) is -21.3. The third-order valence-electron chi connectivity index (χ3n) is 5.74. The summed E-state index contributed by atoms with van der Waals surface area (Å²) < 4.78 is 118. The minimum Gasteiger partial charge on any atom is -0.397 e. The summed E-state index contributed by atoms with van der Waals surface area (Å²) in [5.74, 6) is 0. The van der Waals surface area contributed by atoms with Gasteiger partial charge < -0.3 is 5.73 Å². The van der Waals surface area contributed by atoms with Gasteiger partial charge >= 0.3 is 85.5 Å². The zero-order valence-corrected chi connectivity index (χ0v) is 30.5. The van der Waals surface area contributed by atoms with Crippen LogP contribution < -0.4 is 10.7 Å². The van der Waals surface area contributed by atoms with Gasteiger partial charge in [0.1, 0.15) is 0 Å². The van der Waals surface area contributed by atoms with Crippen LogP contribution in [0.25, 0.3) is 28.5 Å². The standard InChI is InChI=1S/C12H11N3.2C10H8N2.2F6P.Ru/c13-11-9-14-7-3-4-8-15(14)12-6-2-1-5-10(11)12;2*1-3-7-11-9(5-1)10-6-2-4-8-12-10;2*1-7(2,3,4,5)6;/h1-9H,13H2;2*1-8H;;;/q;;;2*-1;+2. The van der Waals surface area contributed by atoms with Gasteiger partial charge in [0.15, 0.2) is 0 Å². The Morgan fingerprint density at radius 1 is 0.444 bits per heavy atom. The third-order valence-corrected chi connectivity index (χ3v) is 5.74. The number of allylic oxidation sites excluding steroid dienone is 2. The van der Waals surface area contributed by atoms with E-state index in [4.69, 9.17) is 5.73 Å². The molecule has 2 N–H and O–H groups in total. The van der Waals surface area contributed by atoms with E-state index >= 15 is 0 Å². The van der Waals surface area contributed by atoms with E-state index in [0.717, 1.165) is 39.7 Å². The molecule has 4 aromatic heterocycles. The monoisotopic (exact) mass is 901 g/mol. The Balaban J connectivity index is 0.000000240. The largest absolute Gasteiger partial charge is 2.00 e. The molecule has 292 valence electrons. The van der Waals surface area contributed by atoms with E-state index in [2.05, 4.69) is 31.0 Å². The van der Waals surface area contributed by atoms with Crippen molar-refractivity contribution in [2.75, 3.05) is 5.01 Å². The van der Waals surface area contributed by atoms with Crippen molar-refractivity contribution < 1.29 is 69.8 Å². The zero-order chi connectivity index (χ0) is 39.5. The van der Waals surface area contributed by atoms with Crippen LogP contribution in [0.2, 0.25) is 0 Å². The number of hydrogen-bond acceptors (Lipinski definition) is 7. The first-order chi connectivity index (χ1) is 24.2. The van der Waals surface area contributed by atoms with Crippen LogP contribution in [0, 0.1) is 0 Å². The van der Waals surface area contributed by atoms with Crippen LogP contribution in [0.4, 0.5) is 56.1 Å². The molecule has 0 saturated carbocycles. The molecule has 1 aromatic carbocycles. The van der Waals surface area contributed by atoms with Gasteiger partial charge in [-0.1, -0.05) is 42.5 Å². The number of para-hydroxylation sites is 1. The maximum absolute atomic E-state index is 10.7. The minimum absolute atomic E-state index is 0. The van der Waals surface area contributed by atoms with E-state index in [1.165, 1.54) is 0 Å². The Bertz CT molecular complexity index is 1830. The first-order valence-electron chi connectivity index (χ1n) is 14.5. The van der Waals surface area contributed by atoms with Crippen LogP contribution in [0.15, 0.2) is 153 Å². The fraction of sp³-hybridized carbons (Fsp3) is 0. The van der Waals surface area contributed by atoms with Crippen molar-refractivity contribution in [3.8, 4) is 22.8 Å². The third kappa shape index (κ3) is 21.0. The van der Waals surface area contributed by atoms with Gasteiger partial charge in [-0.2, -0.15) is 0 Å². The summed E-state index contributed by atoms with van der Waals surface area (Å²) in [6, 6.07) is 31.3. The van der Waals surface area contributed by atoms with E-state index in [-0.39, 0.29) is 19.5 Å². The fourth-order valence-corrected chi connectivity index (χ4v) is 3.91. The number of nitrogens with two attached hydrogens (primary N) is 1. The van der Waals surface area contributed by atoms with Crippen LogP contribution in [-0.4, -0.2) is 24.9 Å². The maximum Gasteiger partial charge on any atom is 2.00 e. The number of benzene rings is 1. The number of pyridine rings is 4. The van der Waals surface area contributed by atoms with E-state index < -0.39 is 15.6 Å². The van der Waals surface area contributed by atoms with Gasteiger partial charge in [-0.25, -0.2) is 0 Å².